The van der Waals surface area contributed by atoms with E-state index in [1.165, 1.54) is 70.9 Å². The second-order valence-electron chi connectivity index (χ2n) is 5.46. The van der Waals surface area contributed by atoms with Crippen LogP contribution in [0.4, 0.5) is 0 Å². The smallest absolute Gasteiger partial charge is 0.0181 e. The molecule has 1 heterocycles. The molecule has 1 saturated heterocycles. The maximum atomic E-state index is 2.79. The fraction of sp³-hybridized carbons (Fsp3) is 1.00. The summed E-state index contributed by atoms with van der Waals surface area (Å²) in [5.74, 6) is 0. The van der Waals surface area contributed by atoms with Crippen LogP contribution in [0.25, 0.3) is 0 Å². The summed E-state index contributed by atoms with van der Waals surface area (Å²) in [4.78, 5) is 2.79. The van der Waals surface area contributed by atoms with Crippen molar-refractivity contribution in [3.8, 4) is 0 Å². The molecule has 82 valence electrons. The molecule has 2 fully saturated rings. The summed E-state index contributed by atoms with van der Waals surface area (Å²) < 4.78 is 0. The maximum absolute atomic E-state index is 2.79. The SMILES string of the molecule is CC1(N2CCCCC2)CCCCCC1. The molecule has 0 bridgehead atoms. The number of piperidine rings is 1. The van der Waals surface area contributed by atoms with Crippen LogP contribution < -0.4 is 0 Å². The van der Waals surface area contributed by atoms with Gasteiger partial charge in [-0.05, 0) is 45.7 Å². The fourth-order valence-electron chi connectivity index (χ4n) is 3.24. The first-order chi connectivity index (χ1) is 6.81. The molecule has 0 spiro atoms. The number of likely N-dealkylation sites (tertiary alicyclic amines) is 1. The van der Waals surface area contributed by atoms with Crippen molar-refractivity contribution in [3.63, 3.8) is 0 Å². The van der Waals surface area contributed by atoms with E-state index in [4.69, 9.17) is 0 Å². The quantitative estimate of drug-likeness (QED) is 0.578. The van der Waals surface area contributed by atoms with E-state index in [2.05, 4.69) is 11.8 Å². The number of nitrogens with zero attached hydrogens (tertiary/aromatic N) is 1. The average molecular weight is 195 g/mol. The van der Waals surface area contributed by atoms with E-state index in [-0.39, 0.29) is 0 Å². The maximum Gasteiger partial charge on any atom is 0.0181 e. The molecular weight excluding hydrogens is 170 g/mol. The highest BCUT2D eigenvalue weighted by Crippen LogP contribution is 2.33. The van der Waals surface area contributed by atoms with Crippen LogP contribution in [0, 0.1) is 0 Å². The topological polar surface area (TPSA) is 3.24 Å². The van der Waals surface area contributed by atoms with Gasteiger partial charge in [0.1, 0.15) is 0 Å². The van der Waals surface area contributed by atoms with Crippen LogP contribution in [0.15, 0.2) is 0 Å². The normalized spacial score (nSPS) is 29.8. The van der Waals surface area contributed by atoms with Crippen LogP contribution in [0.2, 0.25) is 0 Å². The summed E-state index contributed by atoms with van der Waals surface area (Å²) in [6.45, 7) is 5.26. The van der Waals surface area contributed by atoms with E-state index in [1.54, 1.807) is 0 Å². The summed E-state index contributed by atoms with van der Waals surface area (Å²) in [6.07, 6.45) is 13.1. The Morgan fingerprint density at radius 2 is 1.21 bits per heavy atom. The standard InChI is InChI=1S/C13H25N/c1-13(9-5-2-3-6-10-13)14-11-7-4-8-12-14/h2-12H2,1H3. The third-order valence-corrected chi connectivity index (χ3v) is 4.30. The first-order valence-electron chi connectivity index (χ1n) is 6.56. The lowest BCUT2D eigenvalue weighted by atomic mass is 9.88. The van der Waals surface area contributed by atoms with E-state index in [9.17, 15) is 0 Å². The molecule has 1 heteroatoms. The molecule has 0 aromatic heterocycles. The Labute approximate surface area is 88.9 Å². The van der Waals surface area contributed by atoms with Gasteiger partial charge in [0.05, 0.1) is 0 Å². The van der Waals surface area contributed by atoms with Crippen molar-refractivity contribution in [2.24, 2.45) is 0 Å². The minimum absolute atomic E-state index is 0.566. The second kappa shape index (κ2) is 4.65. The van der Waals surface area contributed by atoms with E-state index in [0.29, 0.717) is 5.54 Å². The summed E-state index contributed by atoms with van der Waals surface area (Å²) in [7, 11) is 0. The third-order valence-electron chi connectivity index (χ3n) is 4.30. The molecule has 1 saturated carbocycles. The van der Waals surface area contributed by atoms with Crippen molar-refractivity contribution >= 4 is 0 Å². The van der Waals surface area contributed by atoms with Gasteiger partial charge in [-0.15, -0.1) is 0 Å². The molecule has 0 radical (unpaired) electrons. The lowest BCUT2D eigenvalue weighted by Crippen LogP contribution is -2.48. The summed E-state index contributed by atoms with van der Waals surface area (Å²) in [5.41, 5.74) is 0.566. The zero-order chi connectivity index (χ0) is 9.86. The summed E-state index contributed by atoms with van der Waals surface area (Å²) >= 11 is 0. The van der Waals surface area contributed by atoms with Crippen molar-refractivity contribution in [1.82, 2.24) is 4.90 Å². The summed E-state index contributed by atoms with van der Waals surface area (Å²) in [6, 6.07) is 0. The molecule has 2 aliphatic rings. The van der Waals surface area contributed by atoms with Gasteiger partial charge in [0, 0.05) is 5.54 Å². The molecular formula is C13H25N. The summed E-state index contributed by atoms with van der Waals surface area (Å²) in [5, 5.41) is 0. The Bertz CT molecular complexity index is 162. The molecule has 0 unspecified atom stereocenters. The van der Waals surface area contributed by atoms with Crippen molar-refractivity contribution in [2.75, 3.05) is 13.1 Å². The van der Waals surface area contributed by atoms with Gasteiger partial charge in [0.25, 0.3) is 0 Å². The highest BCUT2D eigenvalue weighted by molar-refractivity contribution is 4.89. The van der Waals surface area contributed by atoms with Gasteiger partial charge in [-0.1, -0.05) is 32.1 Å². The fourth-order valence-corrected chi connectivity index (χ4v) is 3.24. The minimum atomic E-state index is 0.566. The zero-order valence-electron chi connectivity index (χ0n) is 9.73. The molecule has 0 N–H and O–H groups in total. The van der Waals surface area contributed by atoms with Crippen molar-refractivity contribution in [2.45, 2.75) is 70.3 Å². The first-order valence-corrected chi connectivity index (χ1v) is 6.56. The Balaban J connectivity index is 1.96. The van der Waals surface area contributed by atoms with E-state index >= 15 is 0 Å². The van der Waals surface area contributed by atoms with Gasteiger partial charge in [0.15, 0.2) is 0 Å². The van der Waals surface area contributed by atoms with Gasteiger partial charge >= 0.3 is 0 Å². The third kappa shape index (κ3) is 2.31. The van der Waals surface area contributed by atoms with E-state index in [1.807, 2.05) is 0 Å². The number of rotatable bonds is 1. The van der Waals surface area contributed by atoms with Crippen LogP contribution in [-0.2, 0) is 0 Å². The van der Waals surface area contributed by atoms with Gasteiger partial charge in [0.2, 0.25) is 0 Å². The van der Waals surface area contributed by atoms with Gasteiger partial charge < -0.3 is 0 Å². The Morgan fingerprint density at radius 3 is 1.79 bits per heavy atom. The molecule has 0 aromatic rings. The Morgan fingerprint density at radius 1 is 0.714 bits per heavy atom. The van der Waals surface area contributed by atoms with Gasteiger partial charge in [-0.2, -0.15) is 0 Å². The predicted octanol–water partition coefficient (Wildman–Crippen LogP) is 3.59. The highest BCUT2D eigenvalue weighted by Gasteiger charge is 2.32. The van der Waals surface area contributed by atoms with Crippen LogP contribution in [0.5, 0.6) is 0 Å². The lowest BCUT2D eigenvalue weighted by Gasteiger charge is -2.43. The monoisotopic (exact) mass is 195 g/mol. The van der Waals surface area contributed by atoms with Crippen LogP contribution in [-0.4, -0.2) is 23.5 Å². The molecule has 0 atom stereocenters. The van der Waals surface area contributed by atoms with E-state index < -0.39 is 0 Å². The van der Waals surface area contributed by atoms with Crippen LogP contribution in [0.1, 0.15) is 64.7 Å². The average Bonchev–Trinajstić information content (AvgIpc) is 2.46. The van der Waals surface area contributed by atoms with Gasteiger partial charge in [-0.3, -0.25) is 4.90 Å². The number of hydrogen-bond donors (Lipinski definition) is 0. The van der Waals surface area contributed by atoms with Crippen LogP contribution >= 0.6 is 0 Å². The first kappa shape index (κ1) is 10.5. The predicted molar refractivity (Wildman–Crippen MR) is 61.5 cm³/mol. The Kier molecular flexibility index (Phi) is 3.48. The minimum Gasteiger partial charge on any atom is -0.298 e. The largest absolute Gasteiger partial charge is 0.298 e. The second-order valence-corrected chi connectivity index (χ2v) is 5.46. The molecule has 1 aliphatic carbocycles. The van der Waals surface area contributed by atoms with Crippen molar-refractivity contribution in [1.29, 1.82) is 0 Å². The molecule has 14 heavy (non-hydrogen) atoms. The van der Waals surface area contributed by atoms with Gasteiger partial charge in [-0.25, -0.2) is 0 Å². The molecule has 2 rings (SSSR count). The zero-order valence-corrected chi connectivity index (χ0v) is 9.73. The number of hydrogen-bond acceptors (Lipinski definition) is 1. The van der Waals surface area contributed by atoms with E-state index in [0.717, 1.165) is 0 Å². The molecule has 0 amide bonds. The molecule has 1 aliphatic heterocycles. The molecule has 1 nitrogen and oxygen atoms in total. The van der Waals surface area contributed by atoms with Crippen molar-refractivity contribution < 1.29 is 0 Å². The highest BCUT2D eigenvalue weighted by atomic mass is 15.2. The van der Waals surface area contributed by atoms with Crippen molar-refractivity contribution in [3.05, 3.63) is 0 Å². The Hall–Kier alpha value is -0.0400. The van der Waals surface area contributed by atoms with Crippen LogP contribution in [0.3, 0.4) is 0 Å². The molecule has 0 aromatic carbocycles. The lowest BCUT2D eigenvalue weighted by molar-refractivity contribution is 0.0672.